The fourth-order valence-electron chi connectivity index (χ4n) is 3.15. The zero-order valence-electron chi connectivity index (χ0n) is 13.4. The van der Waals surface area contributed by atoms with Crippen LogP contribution in [0, 0.1) is 0 Å². The van der Waals surface area contributed by atoms with Gasteiger partial charge in [-0.3, -0.25) is 0 Å². The van der Waals surface area contributed by atoms with Crippen LogP contribution >= 0.6 is 0 Å². The molecule has 0 atom stereocenters. The predicted molar refractivity (Wildman–Crippen MR) is 98.9 cm³/mol. The van der Waals surface area contributed by atoms with Crippen LogP contribution in [-0.4, -0.2) is 40.8 Å². The van der Waals surface area contributed by atoms with Gasteiger partial charge in [-0.15, -0.1) is 0 Å². The molecule has 0 amide bonds. The van der Waals surface area contributed by atoms with Crippen molar-refractivity contribution in [1.82, 2.24) is 14.8 Å². The number of rotatable bonds is 2. The van der Waals surface area contributed by atoms with Gasteiger partial charge in [0, 0.05) is 0 Å². The van der Waals surface area contributed by atoms with Crippen molar-refractivity contribution in [2.24, 2.45) is 0 Å². The van der Waals surface area contributed by atoms with Crippen molar-refractivity contribution in [2.45, 2.75) is 0 Å². The maximum absolute atomic E-state index is 12.5. The van der Waals surface area contributed by atoms with Crippen molar-refractivity contribution < 1.29 is 9.59 Å². The molecule has 0 unspecified atom stereocenters. The van der Waals surface area contributed by atoms with Gasteiger partial charge in [0.15, 0.2) is 0 Å². The van der Waals surface area contributed by atoms with Gasteiger partial charge >= 0.3 is 154 Å². The summed E-state index contributed by atoms with van der Waals surface area (Å²) >= 11 is -0.0220. The second-order valence-corrected chi connectivity index (χ2v) is 8.23. The minimum atomic E-state index is -0.187. The number of aromatic nitrogens is 3. The molecule has 1 aliphatic carbocycles. The minimum absolute atomic E-state index is 0.0220. The van der Waals surface area contributed by atoms with Crippen molar-refractivity contribution in [3.63, 3.8) is 0 Å². The summed E-state index contributed by atoms with van der Waals surface area (Å²) in [7, 11) is 0. The first-order valence-electron chi connectivity index (χ1n) is 8.01. The molecule has 5 nitrogen and oxygen atoms in total. The van der Waals surface area contributed by atoms with E-state index >= 15 is 0 Å². The summed E-state index contributed by atoms with van der Waals surface area (Å²) in [5, 5.41) is 9.18. The average Bonchev–Trinajstić information content (AvgIpc) is 3.36. The Balaban J connectivity index is 1.55. The van der Waals surface area contributed by atoms with Crippen LogP contribution in [0.4, 0.5) is 0 Å². The third-order valence-corrected chi connectivity index (χ3v) is 6.57. The van der Waals surface area contributed by atoms with Crippen LogP contribution in [-0.2, 0) is 0 Å². The van der Waals surface area contributed by atoms with Crippen molar-refractivity contribution in [3.05, 3.63) is 82.1 Å². The second kappa shape index (κ2) is 5.73. The topological polar surface area (TPSA) is 64.8 Å². The van der Waals surface area contributed by atoms with E-state index in [1.54, 1.807) is 36.5 Å². The molecule has 124 valence electrons. The van der Waals surface area contributed by atoms with E-state index in [0.717, 1.165) is 20.0 Å². The number of fused-ring (bicyclic) bond motifs is 2. The van der Waals surface area contributed by atoms with Crippen LogP contribution < -0.4 is 0 Å². The van der Waals surface area contributed by atoms with Gasteiger partial charge in [-0.05, 0) is 0 Å². The SMILES string of the molecule is O=C1C(=Cc2ccc(-n3ccc4ccnnc43)[se]2)C(=O)c2ccccc21. The fraction of sp³-hybridized carbons (Fsp3) is 0. The van der Waals surface area contributed by atoms with Crippen LogP contribution in [0.5, 0.6) is 0 Å². The number of nitrogens with zero attached hydrogens (tertiary/aromatic N) is 3. The quantitative estimate of drug-likeness (QED) is 0.293. The number of carbonyl (C=O) groups is 2. The van der Waals surface area contributed by atoms with Gasteiger partial charge < -0.3 is 0 Å². The molecule has 6 heteroatoms. The second-order valence-electron chi connectivity index (χ2n) is 5.93. The Morgan fingerprint density at radius 1 is 0.923 bits per heavy atom. The van der Waals surface area contributed by atoms with Gasteiger partial charge in [0.1, 0.15) is 0 Å². The van der Waals surface area contributed by atoms with Gasteiger partial charge in [-0.2, -0.15) is 0 Å². The molecule has 0 saturated carbocycles. The molecule has 0 fully saturated rings. The van der Waals surface area contributed by atoms with Crippen molar-refractivity contribution in [2.75, 3.05) is 0 Å². The predicted octanol–water partition coefficient (Wildman–Crippen LogP) is 2.94. The van der Waals surface area contributed by atoms with Crippen LogP contribution in [0.1, 0.15) is 25.2 Å². The first-order valence-corrected chi connectivity index (χ1v) is 9.73. The van der Waals surface area contributed by atoms with Gasteiger partial charge in [-0.25, -0.2) is 0 Å². The van der Waals surface area contributed by atoms with Gasteiger partial charge in [0.2, 0.25) is 0 Å². The molecule has 0 N–H and O–H groups in total. The molecule has 1 aromatic carbocycles. The number of ketones is 2. The Hall–Kier alpha value is -3.08. The summed E-state index contributed by atoms with van der Waals surface area (Å²) in [6, 6.07) is 14.9. The van der Waals surface area contributed by atoms with Crippen LogP contribution in [0.3, 0.4) is 0 Å². The molecule has 26 heavy (non-hydrogen) atoms. The Morgan fingerprint density at radius 2 is 1.69 bits per heavy atom. The number of benzene rings is 1. The molecule has 0 bridgehead atoms. The number of carbonyl (C=O) groups excluding carboxylic acids is 2. The standard InChI is InChI=1S/C20H11N3O2Se/c24-18-14-3-1-2-4-15(14)19(25)16(18)11-13-5-6-17(26-13)23-10-8-12-7-9-21-22-20(12)23/h1-11H. The molecule has 0 aliphatic heterocycles. The summed E-state index contributed by atoms with van der Waals surface area (Å²) in [4.78, 5) is 25.1. The first kappa shape index (κ1) is 15.2. The van der Waals surface area contributed by atoms with Crippen LogP contribution in [0.15, 0.2) is 66.5 Å². The number of allylic oxidation sites excluding steroid dienone is 1. The van der Waals surface area contributed by atoms with Crippen molar-refractivity contribution in [3.8, 4) is 4.56 Å². The van der Waals surface area contributed by atoms with Crippen molar-refractivity contribution in [1.29, 1.82) is 0 Å². The first-order chi connectivity index (χ1) is 12.7. The third-order valence-electron chi connectivity index (χ3n) is 4.40. The Bertz CT molecular complexity index is 1200. The average molecular weight is 404 g/mol. The van der Waals surface area contributed by atoms with E-state index in [-0.39, 0.29) is 31.6 Å². The van der Waals surface area contributed by atoms with E-state index in [0.29, 0.717) is 11.1 Å². The summed E-state index contributed by atoms with van der Waals surface area (Å²) < 4.78 is 4.09. The molecule has 3 aromatic heterocycles. The monoisotopic (exact) mass is 405 g/mol. The number of hydrogen-bond donors (Lipinski definition) is 0. The zero-order chi connectivity index (χ0) is 17.7. The molecule has 5 rings (SSSR count). The summed E-state index contributed by atoms with van der Waals surface area (Å²) in [5.41, 5.74) is 2.05. The molecule has 3 heterocycles. The zero-order valence-corrected chi connectivity index (χ0v) is 15.1. The molecular formula is C20H11N3O2Se. The molecule has 0 radical (unpaired) electrons. The summed E-state index contributed by atoms with van der Waals surface area (Å²) in [6.45, 7) is 0. The van der Waals surface area contributed by atoms with E-state index in [4.69, 9.17) is 0 Å². The van der Waals surface area contributed by atoms with Crippen LogP contribution in [0.25, 0.3) is 21.7 Å². The van der Waals surface area contributed by atoms with Crippen LogP contribution in [0.2, 0.25) is 0 Å². The fourth-order valence-corrected chi connectivity index (χ4v) is 5.11. The van der Waals surface area contributed by atoms with Gasteiger partial charge in [-0.1, -0.05) is 0 Å². The third kappa shape index (κ3) is 2.24. The Kier molecular flexibility index (Phi) is 3.35. The number of hydrogen-bond acceptors (Lipinski definition) is 4. The van der Waals surface area contributed by atoms with Gasteiger partial charge in [0.25, 0.3) is 0 Å². The van der Waals surface area contributed by atoms with Gasteiger partial charge in [0.05, 0.1) is 0 Å². The summed E-state index contributed by atoms with van der Waals surface area (Å²) in [5.74, 6) is -0.374. The molecule has 0 spiro atoms. The molecule has 4 aromatic rings. The number of Topliss-reactive ketones (excluding diaryl/α,β-unsaturated/α-hetero) is 2. The normalized spacial score (nSPS) is 13.5. The Morgan fingerprint density at radius 3 is 2.46 bits per heavy atom. The van der Waals surface area contributed by atoms with E-state index in [1.807, 2.05) is 35.0 Å². The van der Waals surface area contributed by atoms with E-state index < -0.39 is 0 Å². The van der Waals surface area contributed by atoms with E-state index in [1.165, 1.54) is 0 Å². The maximum atomic E-state index is 12.5. The molecular weight excluding hydrogens is 393 g/mol. The molecule has 0 saturated heterocycles. The Labute approximate surface area is 154 Å². The summed E-state index contributed by atoms with van der Waals surface area (Å²) in [6.07, 6.45) is 5.38. The molecule has 1 aliphatic rings. The van der Waals surface area contributed by atoms with E-state index in [2.05, 4.69) is 10.2 Å². The van der Waals surface area contributed by atoms with Crippen molar-refractivity contribution >= 4 is 43.2 Å². The van der Waals surface area contributed by atoms with E-state index in [9.17, 15) is 9.59 Å².